The zero-order valence-electron chi connectivity index (χ0n) is 9.99. The van der Waals surface area contributed by atoms with Gasteiger partial charge in [-0.3, -0.25) is 0 Å². The van der Waals surface area contributed by atoms with Gasteiger partial charge in [-0.05, 0) is 59.3 Å². The van der Waals surface area contributed by atoms with Crippen molar-refractivity contribution in [3.63, 3.8) is 0 Å². The van der Waals surface area contributed by atoms with Crippen LogP contribution >= 0.6 is 27.3 Å². The molecule has 1 atom stereocenters. The average Bonchev–Trinajstić information content (AvgIpc) is 2.90. The Morgan fingerprint density at radius 3 is 2.89 bits per heavy atom. The largest absolute Gasteiger partial charge is 0.465 e. The van der Waals surface area contributed by atoms with Gasteiger partial charge in [0.05, 0.1) is 10.7 Å². The molecule has 18 heavy (non-hydrogen) atoms. The van der Waals surface area contributed by atoms with E-state index in [1.165, 1.54) is 29.7 Å². The van der Waals surface area contributed by atoms with Crippen LogP contribution in [0.5, 0.6) is 0 Å². The molecule has 3 rings (SSSR count). The highest BCUT2D eigenvalue weighted by atomic mass is 79.9. The van der Waals surface area contributed by atoms with Gasteiger partial charge in [0.25, 0.3) is 0 Å². The minimum absolute atomic E-state index is 0.603. The van der Waals surface area contributed by atoms with E-state index in [9.17, 15) is 5.11 Å². The minimum Gasteiger partial charge on any atom is -0.465 e. The molecule has 0 amide bonds. The number of thiophene rings is 1. The van der Waals surface area contributed by atoms with E-state index in [0.717, 1.165) is 22.2 Å². The van der Waals surface area contributed by atoms with Crippen molar-refractivity contribution < 1.29 is 9.52 Å². The maximum absolute atomic E-state index is 10.4. The molecule has 0 spiro atoms. The molecule has 1 unspecified atom stereocenters. The van der Waals surface area contributed by atoms with Gasteiger partial charge in [0.2, 0.25) is 0 Å². The van der Waals surface area contributed by atoms with Crippen molar-refractivity contribution in [2.24, 2.45) is 0 Å². The lowest BCUT2D eigenvalue weighted by Gasteiger charge is -2.05. The number of halogens is 1. The van der Waals surface area contributed by atoms with Crippen LogP contribution in [0.1, 0.15) is 46.4 Å². The topological polar surface area (TPSA) is 33.4 Å². The highest BCUT2D eigenvalue weighted by molar-refractivity contribution is 9.10. The van der Waals surface area contributed by atoms with E-state index in [2.05, 4.69) is 22.0 Å². The average molecular weight is 327 g/mol. The Labute approximate surface area is 119 Å². The van der Waals surface area contributed by atoms with Crippen molar-refractivity contribution in [1.82, 2.24) is 0 Å². The Bertz CT molecular complexity index is 520. The van der Waals surface area contributed by atoms with Crippen molar-refractivity contribution in [3.8, 4) is 0 Å². The SMILES string of the molecule is OC(c1cc2c(s1)CCCCC2)c1occc1Br. The molecule has 0 saturated carbocycles. The zero-order chi connectivity index (χ0) is 12.5. The number of aryl methyl sites for hydroxylation is 2. The highest BCUT2D eigenvalue weighted by Gasteiger charge is 2.21. The second-order valence-electron chi connectivity index (χ2n) is 4.69. The molecule has 1 N–H and O–H groups in total. The normalized spacial score (nSPS) is 17.2. The number of rotatable bonds is 2. The number of aliphatic hydroxyl groups is 1. The molecule has 1 aliphatic carbocycles. The van der Waals surface area contributed by atoms with E-state index in [1.54, 1.807) is 17.6 Å². The van der Waals surface area contributed by atoms with Gasteiger partial charge < -0.3 is 9.52 Å². The van der Waals surface area contributed by atoms with E-state index in [0.29, 0.717) is 5.76 Å². The van der Waals surface area contributed by atoms with E-state index >= 15 is 0 Å². The van der Waals surface area contributed by atoms with Gasteiger partial charge in [-0.25, -0.2) is 0 Å². The smallest absolute Gasteiger partial charge is 0.151 e. The fraction of sp³-hybridized carbons (Fsp3) is 0.429. The van der Waals surface area contributed by atoms with Gasteiger partial charge in [-0.15, -0.1) is 11.3 Å². The molecular weight excluding hydrogens is 312 g/mol. The van der Waals surface area contributed by atoms with Gasteiger partial charge in [0.1, 0.15) is 6.10 Å². The Morgan fingerprint density at radius 1 is 1.28 bits per heavy atom. The monoisotopic (exact) mass is 326 g/mol. The quantitative estimate of drug-likeness (QED) is 0.827. The summed E-state index contributed by atoms with van der Waals surface area (Å²) in [4.78, 5) is 2.45. The molecule has 0 radical (unpaired) electrons. The molecule has 2 nitrogen and oxygen atoms in total. The predicted molar refractivity (Wildman–Crippen MR) is 76.0 cm³/mol. The van der Waals surface area contributed by atoms with Crippen LogP contribution in [-0.2, 0) is 12.8 Å². The standard InChI is InChI=1S/C14H15BrO2S/c15-10-6-7-17-14(10)13(16)12-8-9-4-2-1-3-5-11(9)18-12/h6-8,13,16H,1-5H2. The van der Waals surface area contributed by atoms with Crippen LogP contribution in [0.25, 0.3) is 0 Å². The van der Waals surface area contributed by atoms with E-state index < -0.39 is 6.10 Å². The van der Waals surface area contributed by atoms with Gasteiger partial charge in [-0.1, -0.05) is 6.42 Å². The molecule has 2 aromatic heterocycles. The third-order valence-corrected chi connectivity index (χ3v) is 5.37. The number of hydrogen-bond donors (Lipinski definition) is 1. The molecule has 4 heteroatoms. The van der Waals surface area contributed by atoms with Crippen molar-refractivity contribution in [2.45, 2.75) is 38.2 Å². The van der Waals surface area contributed by atoms with Crippen molar-refractivity contribution in [1.29, 1.82) is 0 Å². The van der Waals surface area contributed by atoms with Gasteiger partial charge >= 0.3 is 0 Å². The van der Waals surface area contributed by atoms with E-state index in [4.69, 9.17) is 4.42 Å². The molecule has 0 bridgehead atoms. The Morgan fingerprint density at radius 2 is 2.11 bits per heavy atom. The predicted octanol–water partition coefficient (Wildman–Crippen LogP) is 4.45. The summed E-state index contributed by atoms with van der Waals surface area (Å²) in [6.45, 7) is 0. The molecule has 0 saturated heterocycles. The van der Waals surface area contributed by atoms with Crippen LogP contribution in [-0.4, -0.2) is 5.11 Å². The van der Waals surface area contributed by atoms with E-state index in [-0.39, 0.29) is 0 Å². The van der Waals surface area contributed by atoms with Crippen LogP contribution in [0.2, 0.25) is 0 Å². The summed E-state index contributed by atoms with van der Waals surface area (Å²) in [7, 11) is 0. The fourth-order valence-corrected chi connectivity index (χ4v) is 4.12. The first-order valence-electron chi connectivity index (χ1n) is 6.28. The van der Waals surface area contributed by atoms with Crippen molar-refractivity contribution in [2.75, 3.05) is 0 Å². The molecule has 1 aliphatic rings. The first-order chi connectivity index (χ1) is 8.75. The molecule has 0 fully saturated rings. The van der Waals surface area contributed by atoms with Crippen LogP contribution in [0.3, 0.4) is 0 Å². The summed E-state index contributed by atoms with van der Waals surface area (Å²) >= 11 is 5.13. The van der Waals surface area contributed by atoms with Crippen LogP contribution in [0.4, 0.5) is 0 Å². The third kappa shape index (κ3) is 2.29. The lowest BCUT2D eigenvalue weighted by Crippen LogP contribution is -1.95. The fourth-order valence-electron chi connectivity index (χ4n) is 2.45. The summed E-state index contributed by atoms with van der Waals surface area (Å²) < 4.78 is 6.18. The van der Waals surface area contributed by atoms with Crippen LogP contribution < -0.4 is 0 Å². The van der Waals surface area contributed by atoms with Crippen molar-refractivity contribution >= 4 is 27.3 Å². The molecule has 2 heterocycles. The molecule has 96 valence electrons. The molecule has 2 aromatic rings. The number of hydrogen-bond acceptors (Lipinski definition) is 3. The number of aliphatic hydroxyl groups excluding tert-OH is 1. The Balaban J connectivity index is 1.91. The Hall–Kier alpha value is -0.580. The molecule has 0 aliphatic heterocycles. The lowest BCUT2D eigenvalue weighted by molar-refractivity contribution is 0.192. The van der Waals surface area contributed by atoms with Gasteiger partial charge in [0.15, 0.2) is 5.76 Å². The first kappa shape index (κ1) is 12.5. The second-order valence-corrected chi connectivity index (χ2v) is 6.72. The second kappa shape index (κ2) is 5.19. The number of fused-ring (bicyclic) bond motifs is 1. The molecular formula is C14H15BrO2S. The maximum atomic E-state index is 10.4. The van der Waals surface area contributed by atoms with Gasteiger partial charge in [0, 0.05) is 9.75 Å². The Kier molecular flexibility index (Phi) is 3.59. The summed E-state index contributed by atoms with van der Waals surface area (Å²) in [6, 6.07) is 3.97. The lowest BCUT2D eigenvalue weighted by atomic mass is 10.1. The minimum atomic E-state index is -0.647. The van der Waals surface area contributed by atoms with E-state index in [1.807, 2.05) is 6.07 Å². The highest BCUT2D eigenvalue weighted by Crippen LogP contribution is 2.37. The third-order valence-electron chi connectivity index (χ3n) is 3.43. The number of furan rings is 1. The van der Waals surface area contributed by atoms with Crippen molar-refractivity contribution in [3.05, 3.63) is 43.9 Å². The van der Waals surface area contributed by atoms with Crippen LogP contribution in [0, 0.1) is 0 Å². The van der Waals surface area contributed by atoms with Gasteiger partial charge in [-0.2, -0.15) is 0 Å². The molecule has 0 aromatic carbocycles. The van der Waals surface area contributed by atoms with Crippen LogP contribution in [0.15, 0.2) is 27.3 Å². The summed E-state index contributed by atoms with van der Waals surface area (Å²) in [5.41, 5.74) is 1.43. The summed E-state index contributed by atoms with van der Waals surface area (Å²) in [5.74, 6) is 0.603. The summed E-state index contributed by atoms with van der Waals surface area (Å²) in [5, 5.41) is 10.4. The zero-order valence-corrected chi connectivity index (χ0v) is 12.4. The summed E-state index contributed by atoms with van der Waals surface area (Å²) in [6.07, 6.45) is 7.12. The first-order valence-corrected chi connectivity index (χ1v) is 7.89. The maximum Gasteiger partial charge on any atom is 0.151 e.